The molecule has 0 aliphatic carbocycles. The molecular formula is C28H24Cl2N2O5S. The number of carbonyl (C=O) groups is 3. The minimum atomic E-state index is -0.553. The first kappa shape index (κ1) is 27.6. The second-order valence-corrected chi connectivity index (χ2v) is 10.2. The highest BCUT2D eigenvalue weighted by Gasteiger charge is 2.40. The summed E-state index contributed by atoms with van der Waals surface area (Å²) in [6, 6.07) is 16.5. The molecule has 38 heavy (non-hydrogen) atoms. The first-order chi connectivity index (χ1) is 18.2. The first-order valence-electron chi connectivity index (χ1n) is 11.7. The van der Waals surface area contributed by atoms with Crippen molar-refractivity contribution in [1.29, 1.82) is 0 Å². The molecule has 196 valence electrons. The summed E-state index contributed by atoms with van der Waals surface area (Å²) in [6.07, 6.45) is 0.702. The maximum absolute atomic E-state index is 13.7. The van der Waals surface area contributed by atoms with Gasteiger partial charge in [-0.15, -0.1) is 0 Å². The van der Waals surface area contributed by atoms with Crippen molar-refractivity contribution in [3.63, 3.8) is 0 Å². The fourth-order valence-electron chi connectivity index (χ4n) is 3.66. The van der Waals surface area contributed by atoms with Crippen molar-refractivity contribution in [2.24, 2.45) is 0 Å². The van der Waals surface area contributed by atoms with E-state index in [9.17, 15) is 14.4 Å². The summed E-state index contributed by atoms with van der Waals surface area (Å²) in [5, 5.41) is 4.16. The number of nitrogens with one attached hydrogen (secondary N) is 1. The fraction of sp³-hybridized carbons (Fsp3) is 0.179. The quantitative estimate of drug-likeness (QED) is 0.222. The van der Waals surface area contributed by atoms with Gasteiger partial charge in [-0.25, -0.2) is 9.69 Å². The largest absolute Gasteiger partial charge is 0.495 e. The lowest BCUT2D eigenvalue weighted by atomic mass is 10.2. The minimum Gasteiger partial charge on any atom is -0.495 e. The second kappa shape index (κ2) is 11.9. The number of esters is 1. The van der Waals surface area contributed by atoms with Gasteiger partial charge in [0, 0.05) is 21.0 Å². The summed E-state index contributed by atoms with van der Waals surface area (Å²) in [6.45, 7) is 4.04. The fourth-order valence-corrected chi connectivity index (χ4v) is 4.87. The molecule has 0 spiro atoms. The molecule has 7 nitrogen and oxygen atoms in total. The molecule has 2 amide bonds. The van der Waals surface area contributed by atoms with E-state index in [1.54, 1.807) is 48.5 Å². The number of amides is 2. The van der Waals surface area contributed by atoms with Gasteiger partial charge in [-0.1, -0.05) is 41.9 Å². The van der Waals surface area contributed by atoms with Crippen LogP contribution >= 0.6 is 35.0 Å². The molecule has 1 aliphatic rings. The first-order valence-corrected chi connectivity index (χ1v) is 13.3. The summed E-state index contributed by atoms with van der Waals surface area (Å²) in [4.78, 5) is 41.5. The molecule has 1 aliphatic heterocycles. The van der Waals surface area contributed by atoms with Gasteiger partial charge >= 0.3 is 5.97 Å². The highest BCUT2D eigenvalue weighted by Crippen LogP contribution is 2.40. The van der Waals surface area contributed by atoms with Crippen molar-refractivity contribution in [2.75, 3.05) is 23.9 Å². The summed E-state index contributed by atoms with van der Waals surface area (Å²) >= 11 is 13.4. The van der Waals surface area contributed by atoms with E-state index >= 15 is 0 Å². The van der Waals surface area contributed by atoms with Gasteiger partial charge in [-0.05, 0) is 73.5 Å². The van der Waals surface area contributed by atoms with Crippen LogP contribution in [0.4, 0.5) is 11.4 Å². The number of hydrogen-bond donors (Lipinski definition) is 1. The molecule has 1 N–H and O–H groups in total. The van der Waals surface area contributed by atoms with Crippen LogP contribution in [-0.4, -0.2) is 31.5 Å². The number of nitrogens with zero attached hydrogens (tertiary/aromatic N) is 1. The summed E-state index contributed by atoms with van der Waals surface area (Å²) in [5.41, 5.74) is 1.97. The van der Waals surface area contributed by atoms with Crippen molar-refractivity contribution in [3.05, 3.63) is 92.4 Å². The molecule has 0 aromatic heterocycles. The number of methoxy groups -OCH3 is 1. The van der Waals surface area contributed by atoms with Crippen LogP contribution in [0.5, 0.6) is 5.75 Å². The topological polar surface area (TPSA) is 84.9 Å². The number of rotatable bonds is 9. The Morgan fingerprint density at radius 3 is 2.32 bits per heavy atom. The predicted molar refractivity (Wildman–Crippen MR) is 150 cm³/mol. The van der Waals surface area contributed by atoms with Gasteiger partial charge in [0.2, 0.25) is 0 Å². The Kier molecular flexibility index (Phi) is 8.66. The van der Waals surface area contributed by atoms with E-state index in [1.807, 2.05) is 13.8 Å². The molecule has 0 fully saturated rings. The Morgan fingerprint density at radius 2 is 1.68 bits per heavy atom. The Bertz CT molecular complexity index is 1420. The van der Waals surface area contributed by atoms with Crippen LogP contribution < -0.4 is 15.0 Å². The average molecular weight is 571 g/mol. The molecule has 0 saturated carbocycles. The van der Waals surface area contributed by atoms with Gasteiger partial charge in [-0.3, -0.25) is 9.59 Å². The normalized spacial score (nSPS) is 13.2. The smallest absolute Gasteiger partial charge is 0.338 e. The Labute approximate surface area is 234 Å². The third kappa shape index (κ3) is 5.83. The number of carbonyl (C=O) groups excluding carboxylic acids is 3. The SMILES string of the molecule is CCCOC(=O)c1ccc(N2C(=O)C(Nc3cc(C)c(Cl)cc3OC)=C(Sc3ccc(Cl)cc3)C2=O)cc1. The van der Waals surface area contributed by atoms with Gasteiger partial charge in [-0.2, -0.15) is 0 Å². The van der Waals surface area contributed by atoms with Crippen molar-refractivity contribution in [3.8, 4) is 5.75 Å². The molecule has 1 heterocycles. The molecule has 0 radical (unpaired) electrons. The second-order valence-electron chi connectivity index (χ2n) is 8.32. The van der Waals surface area contributed by atoms with Crippen LogP contribution in [-0.2, 0) is 14.3 Å². The lowest BCUT2D eigenvalue weighted by Gasteiger charge is -2.16. The third-order valence-electron chi connectivity index (χ3n) is 5.61. The number of halogens is 2. The Balaban J connectivity index is 1.71. The predicted octanol–water partition coefficient (Wildman–Crippen LogP) is 6.87. The van der Waals surface area contributed by atoms with Crippen LogP contribution in [0.25, 0.3) is 0 Å². The molecule has 3 aromatic rings. The molecule has 0 unspecified atom stereocenters. The average Bonchev–Trinajstić information content (AvgIpc) is 3.14. The molecule has 0 atom stereocenters. The number of benzene rings is 3. The van der Waals surface area contributed by atoms with Crippen LogP contribution in [0.3, 0.4) is 0 Å². The zero-order valence-corrected chi connectivity index (χ0v) is 23.2. The highest BCUT2D eigenvalue weighted by atomic mass is 35.5. The van der Waals surface area contributed by atoms with Crippen molar-refractivity contribution in [1.82, 2.24) is 0 Å². The molecule has 0 saturated heterocycles. The minimum absolute atomic E-state index is 0.0846. The molecule has 4 rings (SSSR count). The summed E-state index contributed by atoms with van der Waals surface area (Å²) in [5.74, 6) is -1.12. The zero-order valence-electron chi connectivity index (χ0n) is 20.8. The number of anilines is 2. The lowest BCUT2D eigenvalue weighted by molar-refractivity contribution is -0.120. The van der Waals surface area contributed by atoms with Gasteiger partial charge in [0.15, 0.2) is 0 Å². The number of hydrogen-bond acceptors (Lipinski definition) is 7. The van der Waals surface area contributed by atoms with Gasteiger partial charge in [0.1, 0.15) is 16.4 Å². The maximum atomic E-state index is 13.7. The van der Waals surface area contributed by atoms with Crippen molar-refractivity contribution >= 4 is 64.1 Å². The van der Waals surface area contributed by atoms with Crippen molar-refractivity contribution < 1.29 is 23.9 Å². The molecule has 3 aromatic carbocycles. The van der Waals surface area contributed by atoms with Crippen LogP contribution in [0.1, 0.15) is 29.3 Å². The van der Waals surface area contributed by atoms with Gasteiger partial charge < -0.3 is 14.8 Å². The molecule has 0 bridgehead atoms. The van der Waals surface area contributed by atoms with E-state index in [0.717, 1.165) is 27.1 Å². The van der Waals surface area contributed by atoms with E-state index in [0.29, 0.717) is 45.8 Å². The summed E-state index contributed by atoms with van der Waals surface area (Å²) < 4.78 is 10.6. The Morgan fingerprint density at radius 1 is 1.00 bits per heavy atom. The Hall–Kier alpha value is -3.46. The van der Waals surface area contributed by atoms with Gasteiger partial charge in [0.25, 0.3) is 11.8 Å². The summed E-state index contributed by atoms with van der Waals surface area (Å²) in [7, 11) is 1.49. The van der Waals surface area contributed by atoms with Crippen molar-refractivity contribution in [2.45, 2.75) is 25.2 Å². The van der Waals surface area contributed by atoms with E-state index in [4.69, 9.17) is 32.7 Å². The lowest BCUT2D eigenvalue weighted by Crippen LogP contribution is -2.32. The number of imide groups is 1. The standard InChI is InChI=1S/C28H24Cl2N2O5S/c1-4-13-37-28(35)17-5-9-19(10-6-17)32-26(33)24(31-22-14-16(2)21(30)15-23(22)36-3)25(27(32)34)38-20-11-7-18(29)8-12-20/h5-12,14-15,31H,4,13H2,1-3H3. The molecule has 10 heteroatoms. The maximum Gasteiger partial charge on any atom is 0.338 e. The zero-order chi connectivity index (χ0) is 27.4. The monoisotopic (exact) mass is 570 g/mol. The number of thioether (sulfide) groups is 1. The van der Waals surface area contributed by atoms with Crippen LogP contribution in [0.2, 0.25) is 10.0 Å². The third-order valence-corrected chi connectivity index (χ3v) is 7.36. The van der Waals surface area contributed by atoms with Crippen LogP contribution in [0, 0.1) is 6.92 Å². The van der Waals surface area contributed by atoms with E-state index in [-0.39, 0.29) is 10.6 Å². The van der Waals surface area contributed by atoms with Crippen LogP contribution in [0.15, 0.2) is 76.2 Å². The van der Waals surface area contributed by atoms with E-state index < -0.39 is 17.8 Å². The number of aryl methyl sites for hydroxylation is 1. The van der Waals surface area contributed by atoms with E-state index in [1.165, 1.54) is 19.2 Å². The number of ether oxygens (including phenoxy) is 2. The molecular weight excluding hydrogens is 547 g/mol. The van der Waals surface area contributed by atoms with E-state index in [2.05, 4.69) is 5.32 Å². The highest BCUT2D eigenvalue weighted by molar-refractivity contribution is 8.04. The van der Waals surface area contributed by atoms with Gasteiger partial charge in [0.05, 0.1) is 30.7 Å².